The molecular weight excluding hydrogens is 424 g/mol. The number of fused-ring (bicyclic) bond motifs is 1. The van der Waals surface area contributed by atoms with Gasteiger partial charge in [0.1, 0.15) is 5.69 Å². The van der Waals surface area contributed by atoms with Crippen LogP contribution in [0.1, 0.15) is 26.2 Å². The third-order valence-corrected chi connectivity index (χ3v) is 7.06. The first-order chi connectivity index (χ1) is 15.9. The van der Waals surface area contributed by atoms with Crippen molar-refractivity contribution in [1.29, 1.82) is 0 Å². The van der Waals surface area contributed by atoms with Crippen LogP contribution in [0.25, 0.3) is 0 Å². The van der Waals surface area contributed by atoms with Crippen molar-refractivity contribution in [2.24, 2.45) is 17.8 Å². The van der Waals surface area contributed by atoms with Crippen molar-refractivity contribution >= 4 is 34.8 Å². The fourth-order valence-corrected chi connectivity index (χ4v) is 5.31. The van der Waals surface area contributed by atoms with Gasteiger partial charge in [-0.25, -0.2) is 14.9 Å². The normalized spacial score (nSPS) is 25.4. The van der Waals surface area contributed by atoms with E-state index in [0.717, 1.165) is 6.42 Å². The third-order valence-electron chi connectivity index (χ3n) is 7.06. The van der Waals surface area contributed by atoms with E-state index < -0.39 is 4.92 Å². The number of amides is 2. The Morgan fingerprint density at radius 2 is 1.64 bits per heavy atom. The molecule has 1 aromatic carbocycles. The molecule has 0 spiro atoms. The number of rotatable bonds is 4. The molecule has 3 heterocycles. The number of nitro groups is 1. The van der Waals surface area contributed by atoms with Crippen LogP contribution in [0.4, 0.5) is 23.0 Å². The largest absolute Gasteiger partial charge is 0.362 e. The Morgan fingerprint density at radius 3 is 2.33 bits per heavy atom. The smallest absolute Gasteiger partial charge is 0.294 e. The maximum absolute atomic E-state index is 13.0. The van der Waals surface area contributed by atoms with Crippen LogP contribution in [0.5, 0.6) is 0 Å². The summed E-state index contributed by atoms with van der Waals surface area (Å²) in [6.45, 7) is 4.51. The molecule has 2 saturated heterocycles. The van der Waals surface area contributed by atoms with Gasteiger partial charge in [-0.3, -0.25) is 19.7 Å². The molecular formula is C23H26N6O4. The zero-order valence-corrected chi connectivity index (χ0v) is 18.5. The lowest BCUT2D eigenvalue weighted by Gasteiger charge is -2.35. The van der Waals surface area contributed by atoms with Crippen LogP contribution in [-0.4, -0.2) is 52.9 Å². The molecule has 2 amide bonds. The summed E-state index contributed by atoms with van der Waals surface area (Å²) in [6, 6.07) is 6.45. The first kappa shape index (κ1) is 21.3. The van der Waals surface area contributed by atoms with Crippen LogP contribution >= 0.6 is 0 Å². The van der Waals surface area contributed by atoms with Crippen molar-refractivity contribution in [3.8, 4) is 0 Å². The minimum absolute atomic E-state index is 0.0965. The van der Waals surface area contributed by atoms with Crippen LogP contribution in [-0.2, 0) is 9.59 Å². The molecule has 2 aromatic rings. The van der Waals surface area contributed by atoms with Crippen LogP contribution in [0, 0.1) is 27.9 Å². The van der Waals surface area contributed by atoms with Crippen molar-refractivity contribution < 1.29 is 14.5 Å². The summed E-state index contributed by atoms with van der Waals surface area (Å²) in [7, 11) is 0. The maximum Gasteiger partial charge on any atom is 0.294 e. The number of carbonyl (C=O) groups is 2. The van der Waals surface area contributed by atoms with Gasteiger partial charge in [0.2, 0.25) is 17.8 Å². The summed E-state index contributed by atoms with van der Waals surface area (Å²) in [5.41, 5.74) is 0.682. The van der Waals surface area contributed by atoms with Gasteiger partial charge < -0.3 is 9.80 Å². The Kier molecular flexibility index (Phi) is 5.43. The molecule has 3 unspecified atom stereocenters. The summed E-state index contributed by atoms with van der Waals surface area (Å²) in [6.07, 6.45) is 5.70. The second kappa shape index (κ2) is 8.42. The van der Waals surface area contributed by atoms with Gasteiger partial charge in [-0.1, -0.05) is 6.92 Å². The van der Waals surface area contributed by atoms with Crippen molar-refractivity contribution in [1.82, 2.24) is 9.97 Å². The average molecular weight is 450 g/mol. The number of hydrogen-bond donors (Lipinski definition) is 0. The molecule has 33 heavy (non-hydrogen) atoms. The van der Waals surface area contributed by atoms with Crippen molar-refractivity contribution in [2.75, 3.05) is 40.9 Å². The number of hydrogen-bond acceptors (Lipinski definition) is 8. The fraction of sp³-hybridized carbons (Fsp3) is 0.478. The number of aromatic nitrogens is 2. The minimum atomic E-state index is -0.439. The molecule has 3 fully saturated rings. The number of nitro benzene ring substituents is 1. The zero-order valence-electron chi connectivity index (χ0n) is 18.5. The topological polar surface area (TPSA) is 113 Å². The molecule has 0 radical (unpaired) electrons. The third kappa shape index (κ3) is 3.79. The van der Waals surface area contributed by atoms with E-state index in [0.29, 0.717) is 62.3 Å². The van der Waals surface area contributed by atoms with Gasteiger partial charge in [0.25, 0.3) is 5.69 Å². The van der Waals surface area contributed by atoms with Crippen LogP contribution in [0.15, 0.2) is 36.7 Å². The van der Waals surface area contributed by atoms with E-state index in [-0.39, 0.29) is 29.3 Å². The predicted molar refractivity (Wildman–Crippen MR) is 122 cm³/mol. The summed E-state index contributed by atoms with van der Waals surface area (Å²) >= 11 is 0. The quantitative estimate of drug-likeness (QED) is 0.397. The van der Waals surface area contributed by atoms with Crippen molar-refractivity contribution in [2.45, 2.75) is 26.2 Å². The molecule has 172 valence electrons. The Balaban J connectivity index is 1.38. The van der Waals surface area contributed by atoms with Gasteiger partial charge >= 0.3 is 0 Å². The highest BCUT2D eigenvalue weighted by atomic mass is 16.6. The number of benzene rings is 1. The van der Waals surface area contributed by atoms with Crippen molar-refractivity contribution in [3.05, 3.63) is 46.8 Å². The SMILES string of the molecule is CC1CCC2C(=O)N(c3ccc(N4CCN(c5ncccn5)CC4)c([N+](=O)[O-])c3)C(=O)C2C1. The molecule has 3 aliphatic rings. The van der Waals surface area contributed by atoms with E-state index >= 15 is 0 Å². The second-order valence-electron chi connectivity index (χ2n) is 9.10. The Labute approximate surface area is 191 Å². The lowest BCUT2D eigenvalue weighted by molar-refractivity contribution is -0.384. The van der Waals surface area contributed by atoms with Gasteiger partial charge in [-0.2, -0.15) is 0 Å². The maximum atomic E-state index is 13.0. The number of carbonyl (C=O) groups excluding carboxylic acids is 2. The Morgan fingerprint density at radius 1 is 0.970 bits per heavy atom. The molecule has 1 aromatic heterocycles. The molecule has 0 bridgehead atoms. The fourth-order valence-electron chi connectivity index (χ4n) is 5.31. The molecule has 10 nitrogen and oxygen atoms in total. The van der Waals surface area contributed by atoms with Gasteiger partial charge in [0.15, 0.2) is 0 Å². The van der Waals surface area contributed by atoms with Crippen molar-refractivity contribution in [3.63, 3.8) is 0 Å². The van der Waals surface area contributed by atoms with Crippen LogP contribution < -0.4 is 14.7 Å². The molecule has 2 aliphatic heterocycles. The highest BCUT2D eigenvalue weighted by Crippen LogP contribution is 2.43. The number of imide groups is 1. The van der Waals surface area contributed by atoms with E-state index in [1.807, 2.05) is 9.80 Å². The van der Waals surface area contributed by atoms with Gasteiger partial charge in [-0.15, -0.1) is 0 Å². The molecule has 1 aliphatic carbocycles. The molecule has 3 atom stereocenters. The molecule has 1 saturated carbocycles. The zero-order chi connectivity index (χ0) is 23.1. The first-order valence-corrected chi connectivity index (χ1v) is 11.4. The van der Waals surface area contributed by atoms with E-state index in [1.165, 1.54) is 11.0 Å². The lowest BCUT2D eigenvalue weighted by Crippen LogP contribution is -2.47. The van der Waals surface area contributed by atoms with Crippen LogP contribution in [0.2, 0.25) is 0 Å². The number of nitrogens with zero attached hydrogens (tertiary/aromatic N) is 6. The summed E-state index contributed by atoms with van der Waals surface area (Å²) < 4.78 is 0. The lowest BCUT2D eigenvalue weighted by atomic mass is 9.76. The monoisotopic (exact) mass is 450 g/mol. The molecule has 10 heteroatoms. The highest BCUT2D eigenvalue weighted by molar-refractivity contribution is 6.22. The van der Waals surface area contributed by atoms with Crippen LogP contribution in [0.3, 0.4) is 0 Å². The average Bonchev–Trinajstić information content (AvgIpc) is 3.08. The van der Waals surface area contributed by atoms with Gasteiger partial charge in [0.05, 0.1) is 22.4 Å². The molecule has 5 rings (SSSR count). The van der Waals surface area contributed by atoms with E-state index in [4.69, 9.17) is 0 Å². The van der Waals surface area contributed by atoms with E-state index in [9.17, 15) is 19.7 Å². The summed E-state index contributed by atoms with van der Waals surface area (Å²) in [4.78, 5) is 51.3. The molecule has 0 N–H and O–H groups in total. The standard InChI is InChI=1S/C23H26N6O4/c1-15-3-5-17-18(13-15)22(31)28(21(17)30)16-4-6-19(20(14-16)29(32)33)26-9-11-27(12-10-26)23-24-7-2-8-25-23/h2,4,6-8,14-15,17-18H,3,5,9-13H2,1H3. The Bertz CT molecular complexity index is 1090. The van der Waals surface area contributed by atoms with Gasteiger partial charge in [0, 0.05) is 44.6 Å². The summed E-state index contributed by atoms with van der Waals surface area (Å²) in [5.74, 6) is -0.0251. The van der Waals surface area contributed by atoms with E-state index in [2.05, 4.69) is 16.9 Å². The second-order valence-corrected chi connectivity index (χ2v) is 9.10. The highest BCUT2D eigenvalue weighted by Gasteiger charge is 2.50. The van der Waals surface area contributed by atoms with E-state index in [1.54, 1.807) is 30.6 Å². The number of anilines is 3. The predicted octanol–water partition coefficient (Wildman–Crippen LogP) is 2.64. The minimum Gasteiger partial charge on any atom is -0.362 e. The van der Waals surface area contributed by atoms with Gasteiger partial charge in [-0.05, 0) is 43.4 Å². The Hall–Kier alpha value is -3.56. The number of piperazine rings is 1. The summed E-state index contributed by atoms with van der Waals surface area (Å²) in [5, 5.41) is 11.9. The first-order valence-electron chi connectivity index (χ1n) is 11.4.